The molecular weight excluding hydrogens is 529 g/mol. The number of sulfonamides is 1. The molecule has 0 aliphatic carbocycles. The first-order valence-corrected chi connectivity index (χ1v) is 14.7. The lowest BCUT2D eigenvalue weighted by Gasteiger charge is -2.34. The van der Waals surface area contributed by atoms with Gasteiger partial charge in [0.2, 0.25) is 21.8 Å². The largest absolute Gasteiger partial charge is 0.350 e. The monoisotopic (exact) mass is 567 g/mol. The first-order chi connectivity index (χ1) is 18.9. The summed E-state index contributed by atoms with van der Waals surface area (Å²) < 4.78 is 40.6. The molecule has 7 nitrogen and oxygen atoms in total. The van der Waals surface area contributed by atoms with Gasteiger partial charge >= 0.3 is 0 Å². The molecule has 0 aliphatic rings. The predicted molar refractivity (Wildman–Crippen MR) is 154 cm³/mol. The Balaban J connectivity index is 1.84. The number of carbonyl (C=O) groups is 2. The van der Waals surface area contributed by atoms with Crippen LogP contribution in [0.4, 0.5) is 4.39 Å². The highest BCUT2D eigenvalue weighted by Crippen LogP contribution is 2.19. The van der Waals surface area contributed by atoms with Gasteiger partial charge in [-0.15, -0.1) is 0 Å². The third kappa shape index (κ3) is 8.99. The average Bonchev–Trinajstić information content (AvgIpc) is 2.91. The number of nitrogens with zero attached hydrogens (tertiary/aromatic N) is 2. The molecule has 214 valence electrons. The van der Waals surface area contributed by atoms with Crippen molar-refractivity contribution in [1.82, 2.24) is 14.5 Å². The van der Waals surface area contributed by atoms with Gasteiger partial charge in [-0.2, -0.15) is 0 Å². The van der Waals surface area contributed by atoms with E-state index in [1.165, 1.54) is 40.5 Å². The Morgan fingerprint density at radius 3 is 2.02 bits per heavy atom. The molecule has 0 heterocycles. The lowest BCUT2D eigenvalue weighted by molar-refractivity contribution is -0.142. The van der Waals surface area contributed by atoms with E-state index in [9.17, 15) is 22.4 Å². The Kier molecular flexibility index (Phi) is 10.6. The van der Waals surface area contributed by atoms with Gasteiger partial charge in [0.1, 0.15) is 11.9 Å². The SMILES string of the molecule is CN(CCCC(=O)N(Cc1ccc(F)cc1)[C@H](Cc1ccccc1)C(=O)NC(C)(C)C)S(=O)(=O)c1ccccc1. The molecule has 0 unspecified atom stereocenters. The molecule has 0 saturated heterocycles. The van der Waals surface area contributed by atoms with Crippen molar-refractivity contribution in [2.75, 3.05) is 13.6 Å². The highest BCUT2D eigenvalue weighted by molar-refractivity contribution is 7.89. The number of hydrogen-bond acceptors (Lipinski definition) is 4. The molecule has 1 N–H and O–H groups in total. The molecule has 0 fully saturated rings. The average molecular weight is 568 g/mol. The highest BCUT2D eigenvalue weighted by Gasteiger charge is 2.32. The fourth-order valence-corrected chi connectivity index (χ4v) is 5.51. The molecule has 9 heteroatoms. The smallest absolute Gasteiger partial charge is 0.243 e. The van der Waals surface area contributed by atoms with Crippen LogP contribution < -0.4 is 5.32 Å². The molecule has 0 aromatic heterocycles. The van der Waals surface area contributed by atoms with Crippen molar-refractivity contribution in [3.63, 3.8) is 0 Å². The van der Waals surface area contributed by atoms with Crippen LogP contribution in [0.15, 0.2) is 89.8 Å². The predicted octanol–water partition coefficient (Wildman–Crippen LogP) is 4.78. The second kappa shape index (κ2) is 13.7. The summed E-state index contributed by atoms with van der Waals surface area (Å²) in [5.41, 5.74) is 1.05. The van der Waals surface area contributed by atoms with Crippen molar-refractivity contribution in [2.24, 2.45) is 0 Å². The summed E-state index contributed by atoms with van der Waals surface area (Å²) in [6.07, 6.45) is 0.585. The molecule has 3 aromatic rings. The van der Waals surface area contributed by atoms with Gasteiger partial charge in [0.25, 0.3) is 0 Å². The molecule has 3 aromatic carbocycles. The first-order valence-electron chi connectivity index (χ1n) is 13.3. The number of benzene rings is 3. The van der Waals surface area contributed by atoms with Crippen LogP contribution in [0.5, 0.6) is 0 Å². The van der Waals surface area contributed by atoms with Crippen LogP contribution in [0.25, 0.3) is 0 Å². The summed E-state index contributed by atoms with van der Waals surface area (Å²) in [5, 5.41) is 3.00. The third-order valence-electron chi connectivity index (χ3n) is 6.35. The molecule has 40 heavy (non-hydrogen) atoms. The van der Waals surface area contributed by atoms with Crippen LogP contribution in [0.1, 0.15) is 44.7 Å². The minimum Gasteiger partial charge on any atom is -0.350 e. The number of nitrogens with one attached hydrogen (secondary N) is 1. The fourth-order valence-electron chi connectivity index (χ4n) is 4.28. The van der Waals surface area contributed by atoms with Gasteiger partial charge in [-0.3, -0.25) is 9.59 Å². The maximum atomic E-state index is 13.7. The number of amides is 2. The van der Waals surface area contributed by atoms with Crippen molar-refractivity contribution < 1.29 is 22.4 Å². The van der Waals surface area contributed by atoms with E-state index in [0.717, 1.165) is 5.56 Å². The van der Waals surface area contributed by atoms with Crippen LogP contribution in [0.3, 0.4) is 0 Å². The normalized spacial score (nSPS) is 12.7. The van der Waals surface area contributed by atoms with Gasteiger partial charge in [-0.25, -0.2) is 17.1 Å². The summed E-state index contributed by atoms with van der Waals surface area (Å²) in [7, 11) is -2.21. The van der Waals surface area contributed by atoms with Crippen molar-refractivity contribution in [3.8, 4) is 0 Å². The number of carbonyl (C=O) groups excluding carboxylic acids is 2. The lowest BCUT2D eigenvalue weighted by Crippen LogP contribution is -2.54. The molecule has 0 bridgehead atoms. The van der Waals surface area contributed by atoms with Gasteiger partial charge in [-0.05, 0) is 62.6 Å². The summed E-state index contributed by atoms with van der Waals surface area (Å²) in [6.45, 7) is 5.86. The molecule has 0 aliphatic heterocycles. The Labute approximate surface area is 237 Å². The number of rotatable bonds is 12. The zero-order valence-electron chi connectivity index (χ0n) is 23.5. The topological polar surface area (TPSA) is 86.8 Å². The minimum absolute atomic E-state index is 0.0317. The van der Waals surface area contributed by atoms with Gasteiger partial charge < -0.3 is 10.2 Å². The highest BCUT2D eigenvalue weighted by atomic mass is 32.2. The lowest BCUT2D eigenvalue weighted by atomic mass is 10.00. The standard InChI is InChI=1S/C31H38FN3O4S/c1-31(2,3)33-30(37)28(22-24-12-7-5-8-13-24)35(23-25-17-19-26(32)20-18-25)29(36)16-11-21-34(4)40(38,39)27-14-9-6-10-15-27/h5-10,12-15,17-20,28H,11,16,21-23H2,1-4H3,(H,33,37)/t28-/m1/s1. The molecule has 3 rings (SSSR count). The summed E-state index contributed by atoms with van der Waals surface area (Å²) in [5.74, 6) is -0.981. The van der Waals surface area contributed by atoms with E-state index in [-0.39, 0.29) is 49.1 Å². The van der Waals surface area contributed by atoms with E-state index < -0.39 is 27.4 Å². The van der Waals surface area contributed by atoms with E-state index in [1.54, 1.807) is 30.3 Å². The van der Waals surface area contributed by atoms with Crippen LogP contribution in [0, 0.1) is 5.82 Å². The first kappa shape index (κ1) is 31.0. The maximum Gasteiger partial charge on any atom is 0.243 e. The van der Waals surface area contributed by atoms with Gasteiger partial charge in [0.15, 0.2) is 0 Å². The second-order valence-corrected chi connectivity index (χ2v) is 12.9. The van der Waals surface area contributed by atoms with Crippen LogP contribution in [-0.2, 0) is 32.6 Å². The van der Waals surface area contributed by atoms with E-state index in [0.29, 0.717) is 5.56 Å². The number of hydrogen-bond donors (Lipinski definition) is 1. The fraction of sp³-hybridized carbons (Fsp3) is 0.355. The van der Waals surface area contributed by atoms with Gasteiger partial charge in [0.05, 0.1) is 4.90 Å². The zero-order valence-corrected chi connectivity index (χ0v) is 24.3. The van der Waals surface area contributed by atoms with Crippen LogP contribution >= 0.6 is 0 Å². The third-order valence-corrected chi connectivity index (χ3v) is 8.22. The van der Waals surface area contributed by atoms with Crippen molar-refractivity contribution in [3.05, 3.63) is 102 Å². The molecular formula is C31H38FN3O4S. The van der Waals surface area contributed by atoms with Gasteiger partial charge in [0, 0.05) is 38.5 Å². The van der Waals surface area contributed by atoms with Crippen LogP contribution in [0.2, 0.25) is 0 Å². The zero-order chi connectivity index (χ0) is 29.3. The molecule has 2 amide bonds. The van der Waals surface area contributed by atoms with Crippen molar-refractivity contribution in [1.29, 1.82) is 0 Å². The Morgan fingerprint density at radius 1 is 0.875 bits per heavy atom. The summed E-state index contributed by atoms with van der Waals surface area (Å²) in [6, 6.07) is 22.6. The quantitative estimate of drug-likeness (QED) is 0.341. The van der Waals surface area contributed by atoms with Crippen molar-refractivity contribution >= 4 is 21.8 Å². The summed E-state index contributed by atoms with van der Waals surface area (Å²) in [4.78, 5) is 29.0. The van der Waals surface area contributed by atoms with Crippen molar-refractivity contribution in [2.45, 2.75) is 63.1 Å². The van der Waals surface area contributed by atoms with E-state index in [4.69, 9.17) is 0 Å². The maximum absolute atomic E-state index is 13.7. The summed E-state index contributed by atoms with van der Waals surface area (Å²) >= 11 is 0. The van der Waals surface area contributed by atoms with Gasteiger partial charge in [-0.1, -0.05) is 60.7 Å². The Morgan fingerprint density at radius 2 is 1.45 bits per heavy atom. The molecule has 1 atom stereocenters. The molecule has 0 saturated carbocycles. The minimum atomic E-state index is -3.69. The number of halogens is 1. The Bertz CT molecular complexity index is 1360. The van der Waals surface area contributed by atoms with E-state index in [2.05, 4.69) is 5.32 Å². The van der Waals surface area contributed by atoms with E-state index >= 15 is 0 Å². The molecule has 0 radical (unpaired) electrons. The van der Waals surface area contributed by atoms with E-state index in [1.807, 2.05) is 51.1 Å². The second-order valence-electron chi connectivity index (χ2n) is 10.8. The van der Waals surface area contributed by atoms with Crippen LogP contribution in [-0.4, -0.2) is 54.6 Å². The Hall–Kier alpha value is -3.56. The molecule has 0 spiro atoms.